The monoisotopic (exact) mass is 158 g/mol. The van der Waals surface area contributed by atoms with Gasteiger partial charge in [0.1, 0.15) is 0 Å². The molecular formula is C6H8Li2O2S. The average molecular weight is 158 g/mol. The Morgan fingerprint density at radius 3 is 2.00 bits per heavy atom. The van der Waals surface area contributed by atoms with Crippen LogP contribution in [0.3, 0.4) is 0 Å². The first-order valence-corrected chi connectivity index (χ1v) is 3.54. The maximum atomic E-state index is 10.1. The fraction of sp³-hybridized carbons (Fsp3) is 0.833. The van der Waals surface area contributed by atoms with E-state index in [1.54, 1.807) is 0 Å². The fourth-order valence-corrected chi connectivity index (χ4v) is 1.25. The molecule has 0 saturated heterocycles. The minimum Gasteiger partial charge on any atom is -0.792 e. The van der Waals surface area contributed by atoms with Gasteiger partial charge in [-0.1, -0.05) is 0 Å². The van der Waals surface area contributed by atoms with Crippen LogP contribution in [-0.4, -0.2) is 11.7 Å². The molecule has 1 saturated carbocycles. The summed E-state index contributed by atoms with van der Waals surface area (Å²) in [5.41, 5.74) is -0.0336. The number of hydrogen-bond donors (Lipinski definition) is 0. The first kappa shape index (κ1) is 14.5. The molecule has 0 N–H and O–H groups in total. The summed E-state index contributed by atoms with van der Waals surface area (Å²) in [5.74, 6) is -0.390. The second kappa shape index (κ2) is 5.62. The SMILES string of the molecule is O=C([O-])CC1(C[S-])CC1.[Li+].[Li+]. The first-order valence-electron chi connectivity index (χ1n) is 2.96. The van der Waals surface area contributed by atoms with Crippen LogP contribution in [0.2, 0.25) is 0 Å². The predicted octanol–water partition coefficient (Wildman–Crippen LogP) is -6.54. The molecule has 1 fully saturated rings. The van der Waals surface area contributed by atoms with Crippen molar-refractivity contribution in [1.82, 2.24) is 0 Å². The molecule has 0 aromatic rings. The van der Waals surface area contributed by atoms with Crippen LogP contribution >= 0.6 is 0 Å². The number of rotatable bonds is 3. The Hall–Kier alpha value is 1.01. The maximum absolute atomic E-state index is 10.1. The molecule has 11 heavy (non-hydrogen) atoms. The summed E-state index contributed by atoms with van der Waals surface area (Å²) in [7, 11) is 0. The molecule has 5 heteroatoms. The van der Waals surface area contributed by atoms with Gasteiger partial charge >= 0.3 is 37.7 Å². The van der Waals surface area contributed by atoms with Gasteiger partial charge in [-0.15, -0.1) is 0 Å². The standard InChI is InChI=1S/C6H10O2S.2Li/c7-5(8)3-6(4-9)1-2-6;;/h9H,1-4H2,(H,7,8);;/q;2*+1/p-2. The number of carboxylic acids is 1. The predicted molar refractivity (Wildman–Crippen MR) is 33.5 cm³/mol. The van der Waals surface area contributed by atoms with E-state index in [9.17, 15) is 9.90 Å². The Kier molecular flexibility index (Phi) is 7.43. The van der Waals surface area contributed by atoms with E-state index in [0.717, 1.165) is 12.8 Å². The molecule has 1 aliphatic rings. The van der Waals surface area contributed by atoms with Gasteiger partial charge in [-0.3, -0.25) is 0 Å². The van der Waals surface area contributed by atoms with E-state index < -0.39 is 5.97 Å². The largest absolute Gasteiger partial charge is 1.00 e. The normalized spacial score (nSPS) is 17.5. The van der Waals surface area contributed by atoms with Gasteiger partial charge in [0, 0.05) is 5.97 Å². The Labute approximate surface area is 96.3 Å². The molecule has 0 spiro atoms. The molecule has 0 unspecified atom stereocenters. The smallest absolute Gasteiger partial charge is 0.792 e. The van der Waals surface area contributed by atoms with Crippen molar-refractivity contribution >= 4 is 18.6 Å². The van der Waals surface area contributed by atoms with E-state index in [4.69, 9.17) is 12.6 Å². The van der Waals surface area contributed by atoms with E-state index in [-0.39, 0.29) is 49.6 Å². The van der Waals surface area contributed by atoms with Crippen molar-refractivity contribution in [2.24, 2.45) is 5.41 Å². The zero-order valence-electron chi connectivity index (χ0n) is 7.05. The third kappa shape index (κ3) is 4.56. The molecule has 0 bridgehead atoms. The van der Waals surface area contributed by atoms with Crippen molar-refractivity contribution in [2.75, 3.05) is 5.75 Å². The number of aliphatic carboxylic acids is 1. The van der Waals surface area contributed by atoms with Gasteiger partial charge in [-0.2, -0.15) is 5.75 Å². The van der Waals surface area contributed by atoms with Crippen LogP contribution in [0.5, 0.6) is 0 Å². The Morgan fingerprint density at radius 2 is 1.91 bits per heavy atom. The van der Waals surface area contributed by atoms with E-state index in [2.05, 4.69) is 0 Å². The molecule has 0 heterocycles. The van der Waals surface area contributed by atoms with Crippen LogP contribution in [0.4, 0.5) is 0 Å². The van der Waals surface area contributed by atoms with Crippen molar-refractivity contribution in [2.45, 2.75) is 19.3 Å². The fourth-order valence-electron chi connectivity index (χ4n) is 0.855. The van der Waals surface area contributed by atoms with Crippen molar-refractivity contribution in [3.05, 3.63) is 0 Å². The van der Waals surface area contributed by atoms with Crippen LogP contribution in [-0.2, 0) is 17.4 Å². The quantitative estimate of drug-likeness (QED) is 0.303. The van der Waals surface area contributed by atoms with E-state index in [1.807, 2.05) is 0 Å². The first-order chi connectivity index (χ1) is 4.18. The van der Waals surface area contributed by atoms with E-state index in [0.29, 0.717) is 5.75 Å². The summed E-state index contributed by atoms with van der Waals surface area (Å²) in [5, 5.41) is 10.1. The Morgan fingerprint density at radius 1 is 1.45 bits per heavy atom. The molecule has 52 valence electrons. The third-order valence-electron chi connectivity index (χ3n) is 1.78. The molecule has 0 aliphatic heterocycles. The van der Waals surface area contributed by atoms with Gasteiger partial charge in [-0.05, 0) is 24.7 Å². The molecule has 2 nitrogen and oxygen atoms in total. The van der Waals surface area contributed by atoms with Gasteiger partial charge < -0.3 is 22.5 Å². The minimum atomic E-state index is -0.961. The van der Waals surface area contributed by atoms with Crippen LogP contribution in [0.1, 0.15) is 19.3 Å². The van der Waals surface area contributed by atoms with Crippen LogP contribution in [0.25, 0.3) is 0 Å². The number of carbonyl (C=O) groups excluding carboxylic acids is 1. The molecule has 1 rings (SSSR count). The van der Waals surface area contributed by atoms with Crippen molar-refractivity contribution in [1.29, 1.82) is 0 Å². The molecule has 0 radical (unpaired) electrons. The van der Waals surface area contributed by atoms with Crippen molar-refractivity contribution in [3.8, 4) is 0 Å². The Balaban J connectivity index is 0. The zero-order valence-corrected chi connectivity index (χ0v) is 7.87. The molecular weight excluding hydrogens is 150 g/mol. The minimum absolute atomic E-state index is 0. The number of carboxylic acid groups (broad SMARTS) is 1. The molecule has 0 aromatic carbocycles. The summed E-state index contributed by atoms with van der Waals surface area (Å²) < 4.78 is 0. The number of hydrogen-bond acceptors (Lipinski definition) is 3. The second-order valence-electron chi connectivity index (χ2n) is 2.69. The van der Waals surface area contributed by atoms with Gasteiger partial charge in [0.2, 0.25) is 0 Å². The molecule has 0 amide bonds. The Bertz CT molecular complexity index is 137. The van der Waals surface area contributed by atoms with E-state index >= 15 is 0 Å². The summed E-state index contributed by atoms with van der Waals surface area (Å²) in [6.07, 6.45) is 2.12. The van der Waals surface area contributed by atoms with Crippen LogP contribution < -0.4 is 42.8 Å². The molecule has 0 aromatic heterocycles. The van der Waals surface area contributed by atoms with Gasteiger partial charge in [0.15, 0.2) is 0 Å². The van der Waals surface area contributed by atoms with Gasteiger partial charge in [0.05, 0.1) is 0 Å². The maximum Gasteiger partial charge on any atom is 1.00 e. The van der Waals surface area contributed by atoms with Crippen molar-refractivity contribution in [3.63, 3.8) is 0 Å². The van der Waals surface area contributed by atoms with Crippen molar-refractivity contribution < 1.29 is 47.6 Å². The average Bonchev–Trinajstić information content (AvgIpc) is 2.48. The summed E-state index contributed by atoms with van der Waals surface area (Å²) in [6.45, 7) is 0. The van der Waals surface area contributed by atoms with Crippen LogP contribution in [0.15, 0.2) is 0 Å². The zero-order chi connectivity index (χ0) is 6.91. The summed E-state index contributed by atoms with van der Waals surface area (Å²) in [4.78, 5) is 10.1. The van der Waals surface area contributed by atoms with Crippen LogP contribution in [0, 0.1) is 5.41 Å². The third-order valence-corrected chi connectivity index (χ3v) is 2.40. The van der Waals surface area contributed by atoms with E-state index in [1.165, 1.54) is 0 Å². The topological polar surface area (TPSA) is 40.1 Å². The van der Waals surface area contributed by atoms with Gasteiger partial charge in [-0.25, -0.2) is 0 Å². The van der Waals surface area contributed by atoms with Gasteiger partial charge in [0.25, 0.3) is 0 Å². The summed E-state index contributed by atoms with van der Waals surface area (Å²) >= 11 is 4.78. The summed E-state index contributed by atoms with van der Waals surface area (Å²) in [6, 6.07) is 0. The second-order valence-corrected chi connectivity index (χ2v) is 2.98. The number of carbonyl (C=O) groups is 1. The molecule has 0 atom stereocenters. The molecule has 1 aliphatic carbocycles.